The second-order valence-corrected chi connectivity index (χ2v) is 8.80. The smallest absolute Gasteiger partial charge is 0.236 e. The highest BCUT2D eigenvalue weighted by Crippen LogP contribution is 2.57. The van der Waals surface area contributed by atoms with Crippen molar-refractivity contribution in [3.05, 3.63) is 63.6 Å². The van der Waals surface area contributed by atoms with Crippen LogP contribution in [-0.2, 0) is 15.0 Å². The molecule has 0 unspecified atom stereocenters. The maximum atomic E-state index is 13.7. The second kappa shape index (κ2) is 7.09. The molecule has 2 aromatic rings. The zero-order valence-electron chi connectivity index (χ0n) is 15.8. The molecule has 6 heteroatoms. The number of amides is 2. The topological polar surface area (TPSA) is 58.2 Å². The molecule has 0 aromatic heterocycles. The van der Waals surface area contributed by atoms with Crippen LogP contribution >= 0.6 is 23.2 Å². The largest absolute Gasteiger partial charge is 0.355 e. The highest BCUT2D eigenvalue weighted by atomic mass is 35.5. The Labute approximate surface area is 174 Å². The Balaban J connectivity index is 2.05. The molecule has 146 valence electrons. The van der Waals surface area contributed by atoms with Crippen molar-refractivity contribution < 1.29 is 9.59 Å². The van der Waals surface area contributed by atoms with Gasteiger partial charge in [0.2, 0.25) is 11.8 Å². The van der Waals surface area contributed by atoms with Crippen LogP contribution in [0.4, 0.5) is 5.69 Å². The van der Waals surface area contributed by atoms with Crippen LogP contribution in [0.3, 0.4) is 0 Å². The maximum absolute atomic E-state index is 13.7. The van der Waals surface area contributed by atoms with Gasteiger partial charge in [0.05, 0.1) is 5.41 Å². The zero-order valence-corrected chi connectivity index (χ0v) is 17.3. The van der Waals surface area contributed by atoms with Gasteiger partial charge in [-0.15, -0.1) is 0 Å². The van der Waals surface area contributed by atoms with Crippen LogP contribution in [0.25, 0.3) is 0 Å². The Bertz CT molecular complexity index is 959. The van der Waals surface area contributed by atoms with E-state index in [0.29, 0.717) is 16.6 Å². The molecule has 2 amide bonds. The highest BCUT2D eigenvalue weighted by Gasteiger charge is 2.60. The third-order valence-corrected chi connectivity index (χ3v) is 6.70. The van der Waals surface area contributed by atoms with E-state index in [1.165, 1.54) is 0 Å². The van der Waals surface area contributed by atoms with Crippen molar-refractivity contribution in [3.63, 3.8) is 0 Å². The molecule has 4 rings (SSSR count). The standard InChI is InChI=1S/C22H22Cl2N2O2/c1-12(2)15-10-19(27)25-11-16(13-5-3-6-14(23)9-13)22(15)20-17(24)7-4-8-18(20)26-21(22)28/h3-9,12,15-16H,10-11H2,1-2H3,(H,25,27)(H,26,28)/t15-,16+,22-/m0/s1. The lowest BCUT2D eigenvalue weighted by Gasteiger charge is -2.42. The van der Waals surface area contributed by atoms with Crippen molar-refractivity contribution in [1.82, 2.24) is 5.32 Å². The van der Waals surface area contributed by atoms with Crippen LogP contribution in [-0.4, -0.2) is 18.4 Å². The monoisotopic (exact) mass is 416 g/mol. The van der Waals surface area contributed by atoms with Crippen molar-refractivity contribution in [2.75, 3.05) is 11.9 Å². The van der Waals surface area contributed by atoms with Crippen LogP contribution < -0.4 is 10.6 Å². The van der Waals surface area contributed by atoms with Gasteiger partial charge in [0.15, 0.2) is 0 Å². The summed E-state index contributed by atoms with van der Waals surface area (Å²) in [6, 6.07) is 13.1. The summed E-state index contributed by atoms with van der Waals surface area (Å²) in [4.78, 5) is 26.2. The highest BCUT2D eigenvalue weighted by molar-refractivity contribution is 6.33. The molecule has 1 saturated heterocycles. The molecular weight excluding hydrogens is 395 g/mol. The lowest BCUT2D eigenvalue weighted by molar-refractivity contribution is -0.125. The molecule has 1 fully saturated rings. The fourth-order valence-corrected chi connectivity index (χ4v) is 5.54. The number of carbonyl (C=O) groups is 2. The summed E-state index contributed by atoms with van der Waals surface area (Å²) in [5.74, 6) is -0.545. The van der Waals surface area contributed by atoms with Crippen molar-refractivity contribution >= 4 is 40.7 Å². The number of rotatable bonds is 2. The Morgan fingerprint density at radius 3 is 2.57 bits per heavy atom. The zero-order chi connectivity index (χ0) is 20.1. The van der Waals surface area contributed by atoms with Crippen molar-refractivity contribution in [2.45, 2.75) is 31.6 Å². The van der Waals surface area contributed by atoms with E-state index in [0.717, 1.165) is 16.8 Å². The minimum Gasteiger partial charge on any atom is -0.355 e. The molecule has 0 aliphatic carbocycles. The minimum absolute atomic E-state index is 0.0455. The van der Waals surface area contributed by atoms with Gasteiger partial charge in [-0.25, -0.2) is 0 Å². The van der Waals surface area contributed by atoms with Crippen LogP contribution in [0.5, 0.6) is 0 Å². The number of halogens is 2. The maximum Gasteiger partial charge on any atom is 0.236 e. The fraction of sp³-hybridized carbons (Fsp3) is 0.364. The predicted molar refractivity (Wildman–Crippen MR) is 112 cm³/mol. The predicted octanol–water partition coefficient (Wildman–Crippen LogP) is 4.76. The molecule has 0 radical (unpaired) electrons. The van der Waals surface area contributed by atoms with Gasteiger partial charge in [0, 0.05) is 40.2 Å². The number of nitrogens with one attached hydrogen (secondary N) is 2. The quantitative estimate of drug-likeness (QED) is 0.741. The Kier molecular flexibility index (Phi) is 4.88. The van der Waals surface area contributed by atoms with E-state index in [1.807, 2.05) is 42.5 Å². The summed E-state index contributed by atoms with van der Waals surface area (Å²) in [6.45, 7) is 4.46. The van der Waals surface area contributed by atoms with Gasteiger partial charge in [-0.3, -0.25) is 9.59 Å². The first kappa shape index (κ1) is 19.3. The van der Waals surface area contributed by atoms with Crippen molar-refractivity contribution in [3.8, 4) is 0 Å². The molecule has 1 spiro atoms. The number of benzene rings is 2. The normalized spacial score (nSPS) is 26.8. The number of anilines is 1. The second-order valence-electron chi connectivity index (χ2n) is 7.95. The minimum atomic E-state index is -0.953. The van der Waals surface area contributed by atoms with Gasteiger partial charge in [-0.2, -0.15) is 0 Å². The number of hydrogen-bond acceptors (Lipinski definition) is 2. The van der Waals surface area contributed by atoms with Gasteiger partial charge in [-0.1, -0.05) is 55.2 Å². The molecule has 2 aliphatic heterocycles. The van der Waals surface area contributed by atoms with Gasteiger partial charge in [0.25, 0.3) is 0 Å². The third kappa shape index (κ3) is 2.82. The van der Waals surface area contributed by atoms with E-state index in [2.05, 4.69) is 24.5 Å². The molecular formula is C22H22Cl2N2O2. The van der Waals surface area contributed by atoms with E-state index in [-0.39, 0.29) is 36.0 Å². The van der Waals surface area contributed by atoms with Crippen LogP contribution in [0, 0.1) is 11.8 Å². The lowest BCUT2D eigenvalue weighted by atomic mass is 9.58. The molecule has 2 N–H and O–H groups in total. The molecule has 2 aromatic carbocycles. The van der Waals surface area contributed by atoms with Crippen molar-refractivity contribution in [1.29, 1.82) is 0 Å². The van der Waals surface area contributed by atoms with Crippen LogP contribution in [0.2, 0.25) is 10.0 Å². The molecule has 2 heterocycles. The van der Waals surface area contributed by atoms with E-state index < -0.39 is 5.41 Å². The molecule has 3 atom stereocenters. The van der Waals surface area contributed by atoms with E-state index >= 15 is 0 Å². The lowest BCUT2D eigenvalue weighted by Crippen LogP contribution is -2.49. The summed E-state index contributed by atoms with van der Waals surface area (Å²) >= 11 is 13.0. The molecule has 28 heavy (non-hydrogen) atoms. The number of fused-ring (bicyclic) bond motifs is 2. The first-order valence-corrected chi connectivity index (χ1v) is 10.2. The number of carbonyl (C=O) groups excluding carboxylic acids is 2. The Hall–Kier alpha value is -2.04. The van der Waals surface area contributed by atoms with Gasteiger partial charge < -0.3 is 10.6 Å². The fourth-order valence-electron chi connectivity index (χ4n) is 5.01. The van der Waals surface area contributed by atoms with Crippen LogP contribution in [0.15, 0.2) is 42.5 Å². The summed E-state index contributed by atoms with van der Waals surface area (Å²) < 4.78 is 0. The average molecular weight is 417 g/mol. The van der Waals surface area contributed by atoms with Gasteiger partial charge in [-0.05, 0) is 41.7 Å². The Morgan fingerprint density at radius 2 is 1.86 bits per heavy atom. The Morgan fingerprint density at radius 1 is 1.11 bits per heavy atom. The molecule has 2 aliphatic rings. The van der Waals surface area contributed by atoms with E-state index in [4.69, 9.17) is 23.2 Å². The molecule has 0 saturated carbocycles. The van der Waals surface area contributed by atoms with E-state index in [9.17, 15) is 9.59 Å². The first-order chi connectivity index (χ1) is 13.4. The van der Waals surface area contributed by atoms with Crippen molar-refractivity contribution in [2.24, 2.45) is 11.8 Å². The molecule has 0 bridgehead atoms. The molecule has 4 nitrogen and oxygen atoms in total. The van der Waals surface area contributed by atoms with Crippen LogP contribution in [0.1, 0.15) is 37.3 Å². The summed E-state index contributed by atoms with van der Waals surface area (Å²) in [5, 5.41) is 7.20. The third-order valence-electron chi connectivity index (χ3n) is 6.15. The first-order valence-electron chi connectivity index (χ1n) is 9.48. The SMILES string of the molecule is CC(C)[C@@H]1CC(=O)NC[C@H](c2cccc(Cl)c2)[C@@]12C(=O)Nc1cccc(Cl)c12. The summed E-state index contributed by atoms with van der Waals surface area (Å²) in [5.41, 5.74) is 1.49. The van der Waals surface area contributed by atoms with Gasteiger partial charge >= 0.3 is 0 Å². The number of hydrogen-bond donors (Lipinski definition) is 2. The van der Waals surface area contributed by atoms with Gasteiger partial charge in [0.1, 0.15) is 0 Å². The van der Waals surface area contributed by atoms with E-state index in [1.54, 1.807) is 0 Å². The summed E-state index contributed by atoms with van der Waals surface area (Å²) in [6.07, 6.45) is 0.271. The average Bonchev–Trinajstić information content (AvgIpc) is 2.83. The summed E-state index contributed by atoms with van der Waals surface area (Å²) in [7, 11) is 0.